The van der Waals surface area contributed by atoms with Crippen LogP contribution in [0.3, 0.4) is 0 Å². The van der Waals surface area contributed by atoms with Crippen LogP contribution in [-0.2, 0) is 9.53 Å². The minimum absolute atomic E-state index is 0.213. The summed E-state index contributed by atoms with van der Waals surface area (Å²) in [6, 6.07) is 0. The van der Waals surface area contributed by atoms with Crippen molar-refractivity contribution in [3.8, 4) is 0 Å². The van der Waals surface area contributed by atoms with Gasteiger partial charge in [0.1, 0.15) is 0 Å². The highest BCUT2D eigenvalue weighted by molar-refractivity contribution is 5.78. The van der Waals surface area contributed by atoms with E-state index in [1.807, 2.05) is 0 Å². The van der Waals surface area contributed by atoms with Crippen LogP contribution in [0.25, 0.3) is 0 Å². The van der Waals surface area contributed by atoms with Gasteiger partial charge in [0.2, 0.25) is 5.91 Å². The molecule has 0 bridgehead atoms. The van der Waals surface area contributed by atoms with Crippen LogP contribution in [-0.4, -0.2) is 31.7 Å². The summed E-state index contributed by atoms with van der Waals surface area (Å²) in [6.45, 7) is 4.47. The Labute approximate surface area is 110 Å². The number of amides is 1. The normalized spacial score (nSPS) is 36.6. The fraction of sp³-hybridized carbons (Fsp3) is 0.929. The molecule has 2 atom stereocenters. The van der Waals surface area contributed by atoms with Crippen LogP contribution in [0.15, 0.2) is 0 Å². The van der Waals surface area contributed by atoms with Gasteiger partial charge in [-0.05, 0) is 51.5 Å². The number of hydrogen-bond donors (Lipinski definition) is 2. The van der Waals surface area contributed by atoms with Crippen LogP contribution >= 0.6 is 0 Å². The Morgan fingerprint density at radius 3 is 2.56 bits per heavy atom. The average molecular weight is 254 g/mol. The van der Waals surface area contributed by atoms with Crippen LogP contribution in [0.2, 0.25) is 0 Å². The summed E-state index contributed by atoms with van der Waals surface area (Å²) in [5.41, 5.74) is 5.67. The van der Waals surface area contributed by atoms with Crippen molar-refractivity contribution in [3.05, 3.63) is 0 Å². The van der Waals surface area contributed by atoms with E-state index in [2.05, 4.69) is 12.2 Å². The first-order valence-corrected chi connectivity index (χ1v) is 7.30. The summed E-state index contributed by atoms with van der Waals surface area (Å²) in [4.78, 5) is 12.1. The first-order chi connectivity index (χ1) is 8.70. The maximum Gasteiger partial charge on any atom is 0.223 e. The fourth-order valence-corrected chi connectivity index (χ4v) is 3.08. The third-order valence-corrected chi connectivity index (χ3v) is 4.62. The molecule has 0 aromatic carbocycles. The molecule has 1 heterocycles. The third kappa shape index (κ3) is 3.45. The van der Waals surface area contributed by atoms with Crippen molar-refractivity contribution in [1.29, 1.82) is 0 Å². The van der Waals surface area contributed by atoms with Crippen molar-refractivity contribution in [2.45, 2.75) is 45.1 Å². The SMILES string of the molecule is CC1OCCC1CNC(=O)C1CCC(CN)CC1. The number of rotatable bonds is 4. The Hall–Kier alpha value is -0.610. The highest BCUT2D eigenvalue weighted by atomic mass is 16.5. The fourth-order valence-electron chi connectivity index (χ4n) is 3.08. The molecule has 2 rings (SSSR count). The number of carbonyl (C=O) groups is 1. The summed E-state index contributed by atoms with van der Waals surface area (Å²) in [6.07, 6.45) is 5.59. The number of hydrogen-bond acceptors (Lipinski definition) is 3. The highest BCUT2D eigenvalue weighted by Crippen LogP contribution is 2.28. The largest absolute Gasteiger partial charge is 0.378 e. The van der Waals surface area contributed by atoms with Crippen LogP contribution in [0.1, 0.15) is 39.0 Å². The van der Waals surface area contributed by atoms with Gasteiger partial charge in [0.25, 0.3) is 0 Å². The standard InChI is InChI=1S/C14H26N2O2/c1-10-13(6-7-18-10)9-16-14(17)12-4-2-11(8-15)3-5-12/h10-13H,2-9,15H2,1H3,(H,16,17). The van der Waals surface area contributed by atoms with Gasteiger partial charge in [-0.3, -0.25) is 4.79 Å². The topological polar surface area (TPSA) is 64.3 Å². The molecular formula is C14H26N2O2. The number of carbonyl (C=O) groups excluding carboxylic acids is 1. The molecule has 104 valence electrons. The number of nitrogens with two attached hydrogens (primary N) is 1. The first-order valence-electron chi connectivity index (χ1n) is 7.30. The zero-order valence-corrected chi connectivity index (χ0v) is 11.4. The van der Waals surface area contributed by atoms with Crippen molar-refractivity contribution in [1.82, 2.24) is 5.32 Å². The first kappa shape index (κ1) is 13.8. The lowest BCUT2D eigenvalue weighted by molar-refractivity contribution is -0.126. The molecule has 1 aliphatic heterocycles. The van der Waals surface area contributed by atoms with Gasteiger partial charge >= 0.3 is 0 Å². The van der Waals surface area contributed by atoms with Gasteiger partial charge in [-0.15, -0.1) is 0 Å². The predicted octanol–water partition coefficient (Wildman–Crippen LogP) is 1.29. The molecule has 4 heteroatoms. The zero-order valence-electron chi connectivity index (χ0n) is 11.4. The van der Waals surface area contributed by atoms with Crippen LogP contribution in [0, 0.1) is 17.8 Å². The van der Waals surface area contributed by atoms with Crippen molar-refractivity contribution in [2.75, 3.05) is 19.7 Å². The molecule has 4 nitrogen and oxygen atoms in total. The van der Waals surface area contributed by atoms with Crippen molar-refractivity contribution in [3.63, 3.8) is 0 Å². The molecule has 0 aromatic rings. The third-order valence-electron chi connectivity index (χ3n) is 4.62. The predicted molar refractivity (Wildman–Crippen MR) is 71.0 cm³/mol. The van der Waals surface area contributed by atoms with Crippen LogP contribution in [0.4, 0.5) is 0 Å². The number of nitrogens with one attached hydrogen (secondary N) is 1. The van der Waals surface area contributed by atoms with Gasteiger partial charge in [0, 0.05) is 25.0 Å². The van der Waals surface area contributed by atoms with Crippen molar-refractivity contribution in [2.24, 2.45) is 23.5 Å². The summed E-state index contributed by atoms with van der Waals surface area (Å²) in [5, 5.41) is 3.11. The van der Waals surface area contributed by atoms with Gasteiger partial charge in [0.15, 0.2) is 0 Å². The highest BCUT2D eigenvalue weighted by Gasteiger charge is 2.28. The Bertz CT molecular complexity index is 275. The Morgan fingerprint density at radius 1 is 1.28 bits per heavy atom. The van der Waals surface area contributed by atoms with E-state index in [1.165, 1.54) is 0 Å². The van der Waals surface area contributed by atoms with E-state index in [0.717, 1.165) is 51.8 Å². The van der Waals surface area contributed by atoms with E-state index >= 15 is 0 Å². The molecule has 2 fully saturated rings. The monoisotopic (exact) mass is 254 g/mol. The molecule has 2 unspecified atom stereocenters. The second-order valence-electron chi connectivity index (χ2n) is 5.82. The van der Waals surface area contributed by atoms with Gasteiger partial charge in [0.05, 0.1) is 6.10 Å². The maximum atomic E-state index is 12.1. The van der Waals surface area contributed by atoms with Crippen LogP contribution < -0.4 is 11.1 Å². The lowest BCUT2D eigenvalue weighted by Crippen LogP contribution is -2.38. The smallest absolute Gasteiger partial charge is 0.223 e. The van der Waals surface area contributed by atoms with Crippen molar-refractivity contribution >= 4 is 5.91 Å². The quantitative estimate of drug-likeness (QED) is 0.794. The Morgan fingerprint density at radius 2 is 2.00 bits per heavy atom. The summed E-state index contributed by atoms with van der Waals surface area (Å²) >= 11 is 0. The molecule has 3 N–H and O–H groups in total. The molecular weight excluding hydrogens is 228 g/mol. The molecule has 1 saturated heterocycles. The van der Waals surface area contributed by atoms with Crippen molar-refractivity contribution < 1.29 is 9.53 Å². The van der Waals surface area contributed by atoms with E-state index in [-0.39, 0.29) is 11.8 Å². The van der Waals surface area contributed by atoms with Gasteiger partial charge in [-0.2, -0.15) is 0 Å². The van der Waals surface area contributed by atoms with Gasteiger partial charge in [-0.25, -0.2) is 0 Å². The molecule has 0 aromatic heterocycles. The minimum atomic E-state index is 0.213. The van der Waals surface area contributed by atoms with E-state index in [1.54, 1.807) is 0 Å². The molecule has 18 heavy (non-hydrogen) atoms. The van der Waals surface area contributed by atoms with Crippen LogP contribution in [0.5, 0.6) is 0 Å². The van der Waals surface area contributed by atoms with Gasteiger partial charge in [-0.1, -0.05) is 0 Å². The van der Waals surface area contributed by atoms with E-state index in [9.17, 15) is 4.79 Å². The lowest BCUT2D eigenvalue weighted by atomic mass is 9.81. The molecule has 0 radical (unpaired) electrons. The molecule has 1 amide bonds. The molecule has 1 aliphatic carbocycles. The second-order valence-corrected chi connectivity index (χ2v) is 5.82. The second kappa shape index (κ2) is 6.53. The summed E-state index contributed by atoms with van der Waals surface area (Å²) < 4.78 is 5.51. The Balaban J connectivity index is 1.68. The maximum absolute atomic E-state index is 12.1. The lowest BCUT2D eigenvalue weighted by Gasteiger charge is -2.27. The zero-order chi connectivity index (χ0) is 13.0. The van der Waals surface area contributed by atoms with E-state index in [0.29, 0.717) is 17.9 Å². The van der Waals surface area contributed by atoms with E-state index < -0.39 is 0 Å². The average Bonchev–Trinajstić information content (AvgIpc) is 2.81. The van der Waals surface area contributed by atoms with E-state index in [4.69, 9.17) is 10.5 Å². The molecule has 1 saturated carbocycles. The molecule has 0 spiro atoms. The summed E-state index contributed by atoms with van der Waals surface area (Å²) in [7, 11) is 0. The minimum Gasteiger partial charge on any atom is -0.378 e. The summed E-state index contributed by atoms with van der Waals surface area (Å²) in [5.74, 6) is 1.58. The number of ether oxygens (including phenoxy) is 1. The molecule has 2 aliphatic rings. The van der Waals surface area contributed by atoms with Gasteiger partial charge < -0.3 is 15.8 Å². The Kier molecular flexibility index (Phi) is 5.01.